The highest BCUT2D eigenvalue weighted by molar-refractivity contribution is 7.84. The molecule has 2 aromatic heterocycles. The van der Waals surface area contributed by atoms with Gasteiger partial charge in [-0.2, -0.15) is 5.10 Å². The highest BCUT2D eigenvalue weighted by atomic mass is 32.2. The summed E-state index contributed by atoms with van der Waals surface area (Å²) in [5, 5.41) is 11.8. The van der Waals surface area contributed by atoms with E-state index in [0.29, 0.717) is 27.5 Å². The number of carbonyl (C=O) groups is 1. The summed E-state index contributed by atoms with van der Waals surface area (Å²) in [5.74, 6) is -0.968. The number of halogens is 1. The predicted molar refractivity (Wildman–Crippen MR) is 135 cm³/mol. The smallest absolute Gasteiger partial charge is 0.257 e. The maximum Gasteiger partial charge on any atom is 0.257 e. The summed E-state index contributed by atoms with van der Waals surface area (Å²) in [4.78, 5) is 24.4. The lowest BCUT2D eigenvalue weighted by molar-refractivity contribution is 0.102. The molecular weight excluding hydrogens is 469 g/mol. The summed E-state index contributed by atoms with van der Waals surface area (Å²) in [6.07, 6.45) is 4.81. The molecule has 5 rings (SSSR count). The van der Waals surface area contributed by atoms with Crippen molar-refractivity contribution in [3.8, 4) is 0 Å². The minimum Gasteiger partial charge on any atom is -0.368 e. The van der Waals surface area contributed by atoms with Crippen molar-refractivity contribution in [2.24, 2.45) is 7.05 Å². The lowest BCUT2D eigenvalue weighted by Crippen LogP contribution is -2.54. The van der Waals surface area contributed by atoms with Crippen molar-refractivity contribution in [2.75, 3.05) is 29.6 Å². The molecule has 11 heteroatoms. The molecule has 0 saturated carbocycles. The highest BCUT2D eigenvalue weighted by Gasteiger charge is 2.25. The first-order valence-electron chi connectivity index (χ1n) is 11.3. The van der Waals surface area contributed by atoms with Gasteiger partial charge < -0.3 is 15.5 Å². The van der Waals surface area contributed by atoms with E-state index >= 15 is 0 Å². The average molecular weight is 496 g/mol. The molecule has 4 aromatic rings. The van der Waals surface area contributed by atoms with Gasteiger partial charge in [-0.1, -0.05) is 0 Å². The highest BCUT2D eigenvalue weighted by Crippen LogP contribution is 2.31. The molecule has 182 valence electrons. The molecule has 0 spiro atoms. The Bertz CT molecular complexity index is 1480. The van der Waals surface area contributed by atoms with Crippen molar-refractivity contribution in [1.82, 2.24) is 25.1 Å². The van der Waals surface area contributed by atoms with E-state index in [-0.39, 0.29) is 22.8 Å². The third-order valence-corrected chi connectivity index (χ3v) is 6.75. The molecule has 1 fully saturated rings. The topological polar surface area (TPSA) is 105 Å². The number of nitrogens with one attached hydrogen (secondary N) is 2. The zero-order chi connectivity index (χ0) is 24.9. The zero-order valence-corrected chi connectivity index (χ0v) is 20.7. The Labute approximate surface area is 204 Å². The number of fused-ring (bicyclic) bond motifs is 2. The Kier molecular flexibility index (Phi) is 5.97. The van der Waals surface area contributed by atoms with Crippen molar-refractivity contribution < 1.29 is 13.4 Å². The Balaban J connectivity index is 1.57. The first-order valence-corrected chi connectivity index (χ1v) is 12.8. The van der Waals surface area contributed by atoms with Gasteiger partial charge in [0.25, 0.3) is 5.91 Å². The molecule has 3 unspecified atom stereocenters. The van der Waals surface area contributed by atoms with Crippen molar-refractivity contribution in [3.05, 3.63) is 48.0 Å². The number of aryl methyl sites for hydroxylation is 1. The van der Waals surface area contributed by atoms with E-state index in [2.05, 4.69) is 44.4 Å². The number of rotatable bonds is 4. The fraction of sp³-hybridized carbons (Fsp3) is 0.333. The third kappa shape index (κ3) is 4.48. The fourth-order valence-corrected chi connectivity index (χ4v) is 5.11. The van der Waals surface area contributed by atoms with Crippen LogP contribution in [0.5, 0.6) is 0 Å². The zero-order valence-electron chi connectivity index (χ0n) is 19.9. The molecule has 0 aliphatic carbocycles. The van der Waals surface area contributed by atoms with Crippen LogP contribution in [0.2, 0.25) is 0 Å². The fourth-order valence-electron chi connectivity index (χ4n) is 4.69. The number of amides is 1. The molecule has 1 saturated heterocycles. The van der Waals surface area contributed by atoms with Crippen LogP contribution in [0.3, 0.4) is 0 Å². The normalized spacial score (nSPS) is 19.3. The number of benzene rings is 2. The Morgan fingerprint density at radius 1 is 1.20 bits per heavy atom. The molecule has 3 heterocycles. The van der Waals surface area contributed by atoms with Crippen LogP contribution in [0.4, 0.5) is 15.8 Å². The first kappa shape index (κ1) is 23.3. The molecule has 0 bridgehead atoms. The summed E-state index contributed by atoms with van der Waals surface area (Å²) in [7, 11) is 0.288. The van der Waals surface area contributed by atoms with E-state index in [1.807, 2.05) is 6.07 Å². The minimum atomic E-state index is -1.42. The average Bonchev–Trinajstić information content (AvgIpc) is 3.18. The lowest BCUT2D eigenvalue weighted by atomic mass is 10.0. The van der Waals surface area contributed by atoms with Crippen molar-refractivity contribution >= 4 is 49.9 Å². The van der Waals surface area contributed by atoms with Gasteiger partial charge in [0, 0.05) is 73.0 Å². The number of hydrogen-bond donors (Lipinski definition) is 2. The van der Waals surface area contributed by atoms with Gasteiger partial charge in [-0.3, -0.25) is 13.7 Å². The molecule has 1 aliphatic rings. The number of anilines is 2. The maximum absolute atomic E-state index is 14.5. The summed E-state index contributed by atoms with van der Waals surface area (Å²) < 4.78 is 28.2. The predicted octanol–water partition coefficient (Wildman–Crippen LogP) is 2.83. The van der Waals surface area contributed by atoms with Crippen LogP contribution in [0.25, 0.3) is 21.8 Å². The molecule has 2 N–H and O–H groups in total. The summed E-state index contributed by atoms with van der Waals surface area (Å²) in [6, 6.07) is 7.09. The van der Waals surface area contributed by atoms with Crippen LogP contribution in [0, 0.1) is 5.82 Å². The lowest BCUT2D eigenvalue weighted by Gasteiger charge is -2.38. The third-order valence-electron chi connectivity index (χ3n) is 6.04. The van der Waals surface area contributed by atoms with Crippen LogP contribution in [0.15, 0.2) is 41.8 Å². The van der Waals surface area contributed by atoms with E-state index in [4.69, 9.17) is 0 Å². The Morgan fingerprint density at radius 2 is 1.94 bits per heavy atom. The molecule has 9 nitrogen and oxygen atoms in total. The Morgan fingerprint density at radius 3 is 2.66 bits per heavy atom. The molecule has 35 heavy (non-hydrogen) atoms. The second kappa shape index (κ2) is 8.97. The van der Waals surface area contributed by atoms with E-state index < -0.39 is 22.5 Å². The maximum atomic E-state index is 14.5. The number of hydrogen-bond acceptors (Lipinski definition) is 7. The summed E-state index contributed by atoms with van der Waals surface area (Å²) >= 11 is 0. The Hall–Kier alpha value is -3.44. The summed E-state index contributed by atoms with van der Waals surface area (Å²) in [5.41, 5.74) is 2.15. The van der Waals surface area contributed by atoms with Crippen molar-refractivity contribution in [3.63, 3.8) is 0 Å². The van der Waals surface area contributed by atoms with Crippen LogP contribution >= 0.6 is 0 Å². The quantitative estimate of drug-likeness (QED) is 0.420. The van der Waals surface area contributed by atoms with Gasteiger partial charge in [-0.25, -0.2) is 14.4 Å². The van der Waals surface area contributed by atoms with Gasteiger partial charge in [0.2, 0.25) is 5.16 Å². The number of nitrogens with zero attached hydrogens (tertiary/aromatic N) is 5. The molecule has 3 atom stereocenters. The van der Waals surface area contributed by atoms with Gasteiger partial charge in [-0.05, 0) is 38.1 Å². The van der Waals surface area contributed by atoms with Gasteiger partial charge >= 0.3 is 0 Å². The van der Waals surface area contributed by atoms with Gasteiger partial charge in [-0.15, -0.1) is 0 Å². The number of aromatic nitrogens is 4. The molecule has 2 aromatic carbocycles. The molecule has 1 aliphatic heterocycles. The second-order valence-electron chi connectivity index (χ2n) is 9.03. The van der Waals surface area contributed by atoms with E-state index in [1.54, 1.807) is 31.6 Å². The molecular formula is C24H26FN7O2S. The van der Waals surface area contributed by atoms with Crippen LogP contribution in [-0.2, 0) is 17.8 Å². The standard InChI is InChI=1S/C24H26FN7O2S/c1-13-10-32(11-14(2)27-13)20-6-5-17(22-18(20)9-26-24(29-22)35(4)34)23(33)28-16-7-15-12-31(3)30-21(15)19(25)8-16/h5-9,12-14,27H,10-11H2,1-4H3,(H,28,33). The monoisotopic (exact) mass is 495 g/mol. The van der Waals surface area contributed by atoms with E-state index in [9.17, 15) is 13.4 Å². The largest absolute Gasteiger partial charge is 0.368 e. The second-order valence-corrected chi connectivity index (χ2v) is 10.3. The summed E-state index contributed by atoms with van der Waals surface area (Å²) in [6.45, 7) is 5.83. The molecule has 0 radical (unpaired) electrons. The molecule has 1 amide bonds. The van der Waals surface area contributed by atoms with Gasteiger partial charge in [0.1, 0.15) is 5.52 Å². The number of carbonyl (C=O) groups excluding carboxylic acids is 1. The van der Waals surface area contributed by atoms with E-state index in [0.717, 1.165) is 18.8 Å². The van der Waals surface area contributed by atoms with Crippen molar-refractivity contribution in [2.45, 2.75) is 31.1 Å². The van der Waals surface area contributed by atoms with Crippen molar-refractivity contribution in [1.29, 1.82) is 0 Å². The first-order chi connectivity index (χ1) is 16.7. The van der Waals surface area contributed by atoms with Crippen LogP contribution in [0.1, 0.15) is 24.2 Å². The minimum absolute atomic E-state index is 0.147. The SMILES string of the molecule is CC1CN(c2ccc(C(=O)Nc3cc(F)c4nn(C)cc4c3)c3nc(S(C)=O)ncc23)CC(C)N1. The van der Waals surface area contributed by atoms with Gasteiger partial charge in [0.05, 0.1) is 21.9 Å². The van der Waals surface area contributed by atoms with Gasteiger partial charge in [0.15, 0.2) is 5.82 Å². The van der Waals surface area contributed by atoms with Crippen LogP contribution < -0.4 is 15.5 Å². The van der Waals surface area contributed by atoms with Crippen LogP contribution in [-0.4, -0.2) is 61.3 Å². The number of piperazine rings is 1. The van der Waals surface area contributed by atoms with E-state index in [1.165, 1.54) is 17.0 Å².